The molecule has 0 aromatic carbocycles. The summed E-state index contributed by atoms with van der Waals surface area (Å²) in [6, 6.07) is 1.73. The molecule has 19 heavy (non-hydrogen) atoms. The minimum absolute atomic E-state index is 0.0545. The van der Waals surface area contributed by atoms with Crippen molar-refractivity contribution in [2.24, 2.45) is 0 Å². The first-order chi connectivity index (χ1) is 8.93. The number of rotatable bonds is 7. The predicted octanol–water partition coefficient (Wildman–Crippen LogP) is 2.33. The molecule has 1 rings (SSSR count). The Kier molecular flexibility index (Phi) is 5.81. The van der Waals surface area contributed by atoms with Crippen LogP contribution in [0.4, 0.5) is 8.78 Å². The Hall–Kier alpha value is -1.57. The Balaban J connectivity index is 2.60. The van der Waals surface area contributed by atoms with Crippen LogP contribution in [0.1, 0.15) is 29.7 Å². The molecule has 0 radical (unpaired) electrons. The number of alkyl halides is 2. The minimum Gasteiger partial charge on any atom is -0.480 e. The average molecular weight is 293 g/mol. The van der Waals surface area contributed by atoms with Gasteiger partial charge in [-0.3, -0.25) is 4.79 Å². The van der Waals surface area contributed by atoms with Crippen LogP contribution in [0, 0.1) is 0 Å². The molecule has 0 bridgehead atoms. The Morgan fingerprint density at radius 3 is 2.68 bits per heavy atom. The van der Waals surface area contributed by atoms with E-state index in [1.807, 2.05) is 0 Å². The number of hydrogen-bond acceptors (Lipinski definition) is 4. The summed E-state index contributed by atoms with van der Waals surface area (Å²) in [7, 11) is 0. The predicted molar refractivity (Wildman–Crippen MR) is 65.2 cm³/mol. The monoisotopic (exact) mass is 293 g/mol. The lowest BCUT2D eigenvalue weighted by Crippen LogP contribution is -2.40. The zero-order chi connectivity index (χ0) is 14.4. The highest BCUT2D eigenvalue weighted by molar-refractivity contribution is 7.98. The second-order valence-electron chi connectivity index (χ2n) is 3.61. The normalized spacial score (nSPS) is 12.4. The Morgan fingerprint density at radius 2 is 2.16 bits per heavy atom. The van der Waals surface area contributed by atoms with Crippen LogP contribution >= 0.6 is 11.8 Å². The van der Waals surface area contributed by atoms with Gasteiger partial charge in [0.05, 0.1) is 5.75 Å². The summed E-state index contributed by atoms with van der Waals surface area (Å²) in [6.45, 7) is 1.62. The lowest BCUT2D eigenvalue weighted by atomic mass is 10.2. The van der Waals surface area contributed by atoms with E-state index < -0.39 is 23.7 Å². The fraction of sp³-hybridized carbons (Fsp3) is 0.455. The van der Waals surface area contributed by atoms with E-state index >= 15 is 0 Å². The van der Waals surface area contributed by atoms with Crippen LogP contribution in [0.15, 0.2) is 16.5 Å². The van der Waals surface area contributed by atoms with Crippen molar-refractivity contribution >= 4 is 23.6 Å². The molecule has 1 amide bonds. The van der Waals surface area contributed by atoms with E-state index in [0.29, 0.717) is 11.8 Å². The van der Waals surface area contributed by atoms with Crippen molar-refractivity contribution in [2.45, 2.75) is 30.9 Å². The molecular formula is C11H13F2NO4S. The largest absolute Gasteiger partial charge is 0.480 e. The summed E-state index contributed by atoms with van der Waals surface area (Å²) < 4.78 is 29.0. The summed E-state index contributed by atoms with van der Waals surface area (Å²) in [5, 5.41) is 11.1. The second kappa shape index (κ2) is 7.13. The quantitative estimate of drug-likeness (QED) is 0.806. The van der Waals surface area contributed by atoms with Gasteiger partial charge >= 0.3 is 5.97 Å². The minimum atomic E-state index is -2.51. The van der Waals surface area contributed by atoms with E-state index in [1.54, 1.807) is 6.92 Å². The van der Waals surface area contributed by atoms with Gasteiger partial charge in [-0.1, -0.05) is 18.7 Å². The zero-order valence-electron chi connectivity index (χ0n) is 10.1. The third-order valence-electron chi connectivity index (χ3n) is 2.25. The summed E-state index contributed by atoms with van der Waals surface area (Å²) in [5.41, 5.74) is 0. The number of carboxylic acids is 1. The van der Waals surface area contributed by atoms with E-state index in [0.717, 1.165) is 0 Å². The Morgan fingerprint density at radius 1 is 1.47 bits per heavy atom. The first-order valence-electron chi connectivity index (χ1n) is 5.46. The van der Waals surface area contributed by atoms with Gasteiger partial charge in [0.2, 0.25) is 0 Å². The number of carbonyl (C=O) groups is 2. The molecule has 0 aliphatic carbocycles. The molecule has 0 saturated carbocycles. The number of furan rings is 1. The fourth-order valence-corrected chi connectivity index (χ4v) is 1.74. The van der Waals surface area contributed by atoms with E-state index in [1.165, 1.54) is 12.1 Å². The van der Waals surface area contributed by atoms with Gasteiger partial charge in [0, 0.05) is 0 Å². The second-order valence-corrected chi connectivity index (χ2v) is 4.59. The van der Waals surface area contributed by atoms with Gasteiger partial charge in [-0.25, -0.2) is 4.79 Å². The summed E-state index contributed by atoms with van der Waals surface area (Å²) in [4.78, 5) is 22.4. The van der Waals surface area contributed by atoms with Crippen molar-refractivity contribution in [1.82, 2.24) is 5.32 Å². The number of amides is 1. The van der Waals surface area contributed by atoms with Crippen molar-refractivity contribution in [3.63, 3.8) is 0 Å². The molecule has 0 unspecified atom stereocenters. The first kappa shape index (κ1) is 15.5. The van der Waals surface area contributed by atoms with Crippen LogP contribution in [0.2, 0.25) is 0 Å². The molecular weight excluding hydrogens is 280 g/mol. The van der Waals surface area contributed by atoms with Crippen molar-refractivity contribution < 1.29 is 27.9 Å². The molecule has 0 spiro atoms. The molecule has 1 aromatic rings. The number of carboxylic acid groups (broad SMARTS) is 1. The van der Waals surface area contributed by atoms with E-state index in [4.69, 9.17) is 9.52 Å². The third-order valence-corrected chi connectivity index (χ3v) is 2.95. The summed E-state index contributed by atoms with van der Waals surface area (Å²) in [6.07, 6.45) is 0.232. The van der Waals surface area contributed by atoms with Crippen molar-refractivity contribution in [2.75, 3.05) is 0 Å². The molecule has 0 aliphatic heterocycles. The van der Waals surface area contributed by atoms with E-state index in [2.05, 4.69) is 5.32 Å². The molecule has 5 nitrogen and oxygen atoms in total. The summed E-state index contributed by atoms with van der Waals surface area (Å²) >= 11 is 0.380. The molecule has 0 aliphatic rings. The van der Waals surface area contributed by atoms with Gasteiger partial charge in [0.15, 0.2) is 5.76 Å². The lowest BCUT2D eigenvalue weighted by Gasteiger charge is -2.10. The molecule has 1 atom stereocenters. The van der Waals surface area contributed by atoms with Gasteiger partial charge in [-0.05, 0) is 18.6 Å². The number of nitrogens with one attached hydrogen (secondary N) is 1. The highest BCUT2D eigenvalue weighted by atomic mass is 32.2. The number of hydrogen-bond donors (Lipinski definition) is 2. The molecule has 8 heteroatoms. The van der Waals surface area contributed by atoms with E-state index in [-0.39, 0.29) is 23.7 Å². The standard InChI is InChI=1S/C11H13F2NO4S/c1-2-7(10(16)17)14-9(15)8-4-3-6(18-8)5-19-11(12)13/h3-4,7,11H,2,5H2,1H3,(H,14,15)(H,16,17)/t7-/m1/s1. The average Bonchev–Trinajstić information content (AvgIpc) is 2.81. The number of carbonyl (C=O) groups excluding carboxylic acids is 1. The smallest absolute Gasteiger partial charge is 0.326 e. The van der Waals surface area contributed by atoms with Crippen molar-refractivity contribution in [3.05, 3.63) is 23.7 Å². The van der Waals surface area contributed by atoms with Gasteiger partial charge in [0.25, 0.3) is 11.7 Å². The van der Waals surface area contributed by atoms with Crippen LogP contribution in [0.3, 0.4) is 0 Å². The fourth-order valence-electron chi connectivity index (χ4n) is 1.29. The Bertz CT molecular complexity index is 450. The number of thioether (sulfide) groups is 1. The SMILES string of the molecule is CC[C@@H](NC(=O)c1ccc(CSC(F)F)o1)C(=O)O. The topological polar surface area (TPSA) is 79.5 Å². The molecule has 1 aromatic heterocycles. The maximum absolute atomic E-state index is 12.0. The number of aliphatic carboxylic acids is 1. The molecule has 1 heterocycles. The molecule has 0 fully saturated rings. The van der Waals surface area contributed by atoms with E-state index in [9.17, 15) is 18.4 Å². The molecule has 2 N–H and O–H groups in total. The van der Waals surface area contributed by atoms with Crippen LogP contribution in [-0.2, 0) is 10.5 Å². The van der Waals surface area contributed by atoms with Crippen LogP contribution in [-0.4, -0.2) is 28.8 Å². The van der Waals surface area contributed by atoms with Crippen LogP contribution in [0.5, 0.6) is 0 Å². The molecule has 0 saturated heterocycles. The maximum Gasteiger partial charge on any atom is 0.326 e. The lowest BCUT2D eigenvalue weighted by molar-refractivity contribution is -0.139. The maximum atomic E-state index is 12.0. The van der Waals surface area contributed by atoms with Gasteiger partial charge in [0.1, 0.15) is 11.8 Å². The van der Waals surface area contributed by atoms with Gasteiger partial charge in [-0.2, -0.15) is 8.78 Å². The van der Waals surface area contributed by atoms with Crippen molar-refractivity contribution in [3.8, 4) is 0 Å². The van der Waals surface area contributed by atoms with Gasteiger partial charge < -0.3 is 14.8 Å². The number of halogens is 2. The zero-order valence-corrected chi connectivity index (χ0v) is 10.9. The first-order valence-corrected chi connectivity index (χ1v) is 6.51. The highest BCUT2D eigenvalue weighted by Gasteiger charge is 2.20. The molecule has 106 valence electrons. The van der Waals surface area contributed by atoms with Gasteiger partial charge in [-0.15, -0.1) is 0 Å². The third kappa shape index (κ3) is 4.90. The van der Waals surface area contributed by atoms with Crippen LogP contribution < -0.4 is 5.32 Å². The Labute approximate surface area is 112 Å². The summed E-state index contributed by atoms with van der Waals surface area (Å²) in [5.74, 6) is -4.25. The van der Waals surface area contributed by atoms with Crippen LogP contribution in [0.25, 0.3) is 0 Å². The highest BCUT2D eigenvalue weighted by Crippen LogP contribution is 2.21. The van der Waals surface area contributed by atoms with Crippen molar-refractivity contribution in [1.29, 1.82) is 0 Å².